The fourth-order valence-corrected chi connectivity index (χ4v) is 4.92. The van der Waals surface area contributed by atoms with Crippen molar-refractivity contribution in [3.8, 4) is 0 Å². The van der Waals surface area contributed by atoms with Gasteiger partial charge < -0.3 is 20.4 Å². The van der Waals surface area contributed by atoms with Crippen LogP contribution in [0.1, 0.15) is 26.4 Å². The lowest BCUT2D eigenvalue weighted by Gasteiger charge is -2.25. The van der Waals surface area contributed by atoms with Crippen LogP contribution in [-0.4, -0.2) is 55.8 Å². The third-order valence-corrected chi connectivity index (χ3v) is 7.24. The number of anilines is 2. The summed E-state index contributed by atoms with van der Waals surface area (Å²) in [5.41, 5.74) is 2.22. The molecule has 10 heteroatoms. The van der Waals surface area contributed by atoms with E-state index in [1.165, 1.54) is 16.6 Å². The second kappa shape index (κ2) is 9.57. The molecule has 1 aliphatic rings. The van der Waals surface area contributed by atoms with E-state index in [-0.39, 0.29) is 29.6 Å². The van der Waals surface area contributed by atoms with Crippen molar-refractivity contribution in [2.45, 2.75) is 11.8 Å². The van der Waals surface area contributed by atoms with Crippen LogP contribution >= 0.6 is 0 Å². The van der Waals surface area contributed by atoms with Crippen molar-refractivity contribution in [2.75, 3.05) is 36.9 Å². The van der Waals surface area contributed by atoms with E-state index >= 15 is 0 Å². The number of aromatic nitrogens is 1. The Morgan fingerprint density at radius 3 is 2.42 bits per heavy atom. The molecule has 0 saturated carbocycles. The van der Waals surface area contributed by atoms with Crippen LogP contribution in [-0.2, 0) is 14.8 Å². The summed E-state index contributed by atoms with van der Waals surface area (Å²) in [7, 11) is -3.71. The van der Waals surface area contributed by atoms with E-state index in [0.717, 1.165) is 0 Å². The molecule has 0 radical (unpaired) electrons. The first kappa shape index (κ1) is 22.7. The maximum Gasteiger partial charge on any atom is 0.272 e. The minimum absolute atomic E-state index is 0.0160. The molecule has 0 bridgehead atoms. The summed E-state index contributed by atoms with van der Waals surface area (Å²) < 4.78 is 32.1. The van der Waals surface area contributed by atoms with E-state index in [1.807, 2.05) is 18.2 Å². The zero-order valence-corrected chi connectivity index (χ0v) is 18.8. The fourth-order valence-electron chi connectivity index (χ4n) is 3.52. The van der Waals surface area contributed by atoms with Crippen molar-refractivity contribution in [2.24, 2.45) is 0 Å². The number of hydrogen-bond acceptors (Lipinski definition) is 5. The monoisotopic (exact) mass is 468 g/mol. The van der Waals surface area contributed by atoms with Gasteiger partial charge >= 0.3 is 0 Å². The number of aromatic amines is 1. The van der Waals surface area contributed by atoms with Gasteiger partial charge in [-0.05, 0) is 42.8 Å². The molecule has 3 aromatic rings. The second-order valence-electron chi connectivity index (χ2n) is 7.52. The van der Waals surface area contributed by atoms with Gasteiger partial charge in [-0.1, -0.05) is 24.3 Å². The van der Waals surface area contributed by atoms with Crippen LogP contribution in [0.15, 0.2) is 65.7 Å². The van der Waals surface area contributed by atoms with Gasteiger partial charge in [-0.25, -0.2) is 8.42 Å². The zero-order chi connectivity index (χ0) is 23.4. The molecule has 3 N–H and O–H groups in total. The summed E-state index contributed by atoms with van der Waals surface area (Å²) >= 11 is 0. The molecule has 2 amide bonds. The number of rotatable bonds is 6. The quantitative estimate of drug-likeness (QED) is 0.514. The number of para-hydroxylation sites is 1. The number of nitrogens with zero attached hydrogens (tertiary/aromatic N) is 1. The number of hydrogen-bond donors (Lipinski definition) is 3. The van der Waals surface area contributed by atoms with Gasteiger partial charge in [-0.3, -0.25) is 9.59 Å². The highest BCUT2D eigenvalue weighted by Gasteiger charge is 2.28. The highest BCUT2D eigenvalue weighted by Crippen LogP contribution is 2.22. The predicted octanol–water partition coefficient (Wildman–Crippen LogP) is 2.85. The third-order valence-electron chi connectivity index (χ3n) is 5.37. The molecule has 0 atom stereocenters. The van der Waals surface area contributed by atoms with Crippen LogP contribution in [0, 0.1) is 6.92 Å². The molecule has 0 spiro atoms. The number of nitrogens with one attached hydrogen (secondary N) is 3. The minimum atomic E-state index is -3.71. The zero-order valence-electron chi connectivity index (χ0n) is 18.0. The molecule has 1 saturated heterocycles. The molecule has 172 valence electrons. The van der Waals surface area contributed by atoms with Crippen molar-refractivity contribution in [1.29, 1.82) is 0 Å². The average Bonchev–Trinajstić information content (AvgIpc) is 3.33. The summed E-state index contributed by atoms with van der Waals surface area (Å²) in [6, 6.07) is 15.4. The van der Waals surface area contributed by atoms with Crippen molar-refractivity contribution in [3.05, 3.63) is 77.6 Å². The lowest BCUT2D eigenvalue weighted by atomic mass is 10.1. The van der Waals surface area contributed by atoms with Gasteiger partial charge in [-0.15, -0.1) is 0 Å². The molecule has 1 aliphatic heterocycles. The molecule has 1 aromatic heterocycles. The van der Waals surface area contributed by atoms with E-state index in [1.54, 1.807) is 37.3 Å². The Bertz CT molecular complexity index is 1270. The van der Waals surface area contributed by atoms with Crippen molar-refractivity contribution in [1.82, 2.24) is 9.29 Å². The normalized spacial score (nSPS) is 14.6. The summed E-state index contributed by atoms with van der Waals surface area (Å²) in [6.45, 7) is 2.95. The number of amides is 2. The first-order valence-corrected chi connectivity index (χ1v) is 11.8. The van der Waals surface area contributed by atoms with E-state index in [0.29, 0.717) is 35.7 Å². The fraction of sp³-hybridized carbons (Fsp3) is 0.217. The van der Waals surface area contributed by atoms with Crippen molar-refractivity contribution < 1.29 is 22.7 Å². The molecular weight excluding hydrogens is 444 g/mol. The third kappa shape index (κ3) is 4.98. The number of carbonyl (C=O) groups excluding carboxylic acids is 2. The first-order chi connectivity index (χ1) is 15.9. The number of sulfonamides is 1. The lowest BCUT2D eigenvalue weighted by molar-refractivity contribution is 0.0730. The smallest absolute Gasteiger partial charge is 0.272 e. The van der Waals surface area contributed by atoms with Crippen LogP contribution < -0.4 is 10.6 Å². The number of ether oxygens (including phenoxy) is 1. The van der Waals surface area contributed by atoms with Crippen molar-refractivity contribution >= 4 is 33.2 Å². The van der Waals surface area contributed by atoms with Gasteiger partial charge in [0.1, 0.15) is 10.6 Å². The Morgan fingerprint density at radius 2 is 1.70 bits per heavy atom. The largest absolute Gasteiger partial charge is 0.379 e. The molecule has 2 heterocycles. The summed E-state index contributed by atoms with van der Waals surface area (Å²) in [6.07, 6.45) is 1.30. The molecule has 1 fully saturated rings. The topological polar surface area (TPSA) is 121 Å². The number of H-pyrrole nitrogens is 1. The van der Waals surface area contributed by atoms with Gasteiger partial charge in [0.2, 0.25) is 10.0 Å². The average molecular weight is 469 g/mol. The Balaban J connectivity index is 1.49. The van der Waals surface area contributed by atoms with Crippen LogP contribution in [0.5, 0.6) is 0 Å². The molecule has 9 nitrogen and oxygen atoms in total. The van der Waals surface area contributed by atoms with E-state index in [4.69, 9.17) is 4.74 Å². The van der Waals surface area contributed by atoms with E-state index in [9.17, 15) is 18.0 Å². The highest BCUT2D eigenvalue weighted by atomic mass is 32.2. The van der Waals surface area contributed by atoms with E-state index < -0.39 is 15.9 Å². The van der Waals surface area contributed by atoms with Crippen LogP contribution in [0.2, 0.25) is 0 Å². The summed E-state index contributed by atoms with van der Waals surface area (Å²) in [5.74, 6) is -0.810. The summed E-state index contributed by atoms with van der Waals surface area (Å²) in [5, 5.41) is 5.58. The van der Waals surface area contributed by atoms with Gasteiger partial charge in [-0.2, -0.15) is 4.31 Å². The highest BCUT2D eigenvalue weighted by molar-refractivity contribution is 7.89. The SMILES string of the molecule is Cc1c(NC(=O)c2cc(S(=O)(=O)N3CCOCC3)c[nH]2)cccc1C(=O)Nc1ccccc1. The van der Waals surface area contributed by atoms with Crippen LogP contribution in [0.25, 0.3) is 0 Å². The molecule has 33 heavy (non-hydrogen) atoms. The Kier molecular flexibility index (Phi) is 6.59. The number of benzene rings is 2. The van der Waals surface area contributed by atoms with Crippen LogP contribution in [0.3, 0.4) is 0 Å². The standard InChI is InChI=1S/C23H24N4O5S/c1-16-19(22(28)25-17-6-3-2-4-7-17)8-5-9-20(16)26-23(29)21-14-18(15-24-21)33(30,31)27-10-12-32-13-11-27/h2-9,14-15,24H,10-13H2,1H3,(H,25,28)(H,26,29). The minimum Gasteiger partial charge on any atom is -0.379 e. The maximum absolute atomic E-state index is 12.8. The molecule has 0 unspecified atom stereocenters. The predicted molar refractivity (Wildman–Crippen MR) is 124 cm³/mol. The van der Waals surface area contributed by atoms with Gasteiger partial charge in [0.05, 0.1) is 13.2 Å². The first-order valence-electron chi connectivity index (χ1n) is 10.4. The van der Waals surface area contributed by atoms with Crippen LogP contribution in [0.4, 0.5) is 11.4 Å². The molecular formula is C23H24N4O5S. The molecule has 4 rings (SSSR count). The Labute approximate surface area is 191 Å². The maximum atomic E-state index is 12.8. The summed E-state index contributed by atoms with van der Waals surface area (Å²) in [4.78, 5) is 28.2. The number of carbonyl (C=O) groups is 2. The van der Waals surface area contributed by atoms with Gasteiger partial charge in [0, 0.05) is 36.2 Å². The molecule has 2 aromatic carbocycles. The molecule has 0 aliphatic carbocycles. The lowest BCUT2D eigenvalue weighted by Crippen LogP contribution is -2.40. The Morgan fingerprint density at radius 1 is 0.970 bits per heavy atom. The van der Waals surface area contributed by atoms with Gasteiger partial charge in [0.15, 0.2) is 0 Å². The second-order valence-corrected chi connectivity index (χ2v) is 9.46. The Hall–Kier alpha value is -3.47. The number of morpholine rings is 1. The van der Waals surface area contributed by atoms with Crippen molar-refractivity contribution in [3.63, 3.8) is 0 Å². The van der Waals surface area contributed by atoms with Gasteiger partial charge in [0.25, 0.3) is 11.8 Å². The van der Waals surface area contributed by atoms with E-state index in [2.05, 4.69) is 15.6 Å².